The zero-order chi connectivity index (χ0) is 13.1. The minimum Gasteiger partial charge on any atom is -0.317 e. The van der Waals surface area contributed by atoms with Gasteiger partial charge in [-0.3, -0.25) is 4.55 Å². The number of hydrogen-bond acceptors (Lipinski definition) is 3. The summed E-state index contributed by atoms with van der Waals surface area (Å²) >= 11 is 0. The summed E-state index contributed by atoms with van der Waals surface area (Å²) in [5.74, 6) is 0.292. The average Bonchev–Trinajstić information content (AvgIpc) is 2.72. The first-order chi connectivity index (χ1) is 7.90. The second kappa shape index (κ2) is 5.64. The largest absolute Gasteiger partial charge is 0.317 e. The van der Waals surface area contributed by atoms with Crippen LogP contribution in [0.2, 0.25) is 0 Å². The third-order valence-corrected chi connectivity index (χ3v) is 4.12. The Morgan fingerprint density at radius 2 is 2.12 bits per heavy atom. The van der Waals surface area contributed by atoms with Crippen LogP contribution in [0.4, 0.5) is 0 Å². The van der Waals surface area contributed by atoms with E-state index in [0.29, 0.717) is 18.8 Å². The molecule has 0 aliphatic heterocycles. The SMILES string of the molecule is CCCC(n1cnc(C(C)CC)c1)S(=O)(=O)O. The molecule has 5 nitrogen and oxygen atoms in total. The summed E-state index contributed by atoms with van der Waals surface area (Å²) < 4.78 is 33.2. The first-order valence-electron chi connectivity index (χ1n) is 5.89. The molecule has 0 radical (unpaired) electrons. The van der Waals surface area contributed by atoms with Crippen molar-refractivity contribution in [1.82, 2.24) is 9.55 Å². The minimum absolute atomic E-state index is 0.292. The Hall–Kier alpha value is -0.880. The van der Waals surface area contributed by atoms with E-state index in [4.69, 9.17) is 0 Å². The Morgan fingerprint density at radius 3 is 2.59 bits per heavy atom. The van der Waals surface area contributed by atoms with E-state index in [9.17, 15) is 13.0 Å². The molecule has 1 heterocycles. The second-order valence-electron chi connectivity index (χ2n) is 4.31. The molecule has 1 aromatic rings. The van der Waals surface area contributed by atoms with Crippen LogP contribution in [0.5, 0.6) is 0 Å². The minimum atomic E-state index is -4.08. The van der Waals surface area contributed by atoms with Crippen LogP contribution in [0.15, 0.2) is 12.5 Å². The van der Waals surface area contributed by atoms with Crippen LogP contribution in [0.1, 0.15) is 57.0 Å². The maximum absolute atomic E-state index is 11.3. The lowest BCUT2D eigenvalue weighted by molar-refractivity contribution is 0.433. The molecule has 0 bridgehead atoms. The summed E-state index contributed by atoms with van der Waals surface area (Å²) in [7, 11) is -4.08. The fourth-order valence-electron chi connectivity index (χ4n) is 1.67. The van der Waals surface area contributed by atoms with E-state index in [1.165, 1.54) is 10.9 Å². The third-order valence-electron chi connectivity index (χ3n) is 2.95. The van der Waals surface area contributed by atoms with E-state index in [2.05, 4.69) is 11.9 Å². The van der Waals surface area contributed by atoms with Gasteiger partial charge in [-0.1, -0.05) is 27.2 Å². The van der Waals surface area contributed by atoms with Crippen molar-refractivity contribution in [1.29, 1.82) is 0 Å². The van der Waals surface area contributed by atoms with Crippen molar-refractivity contribution in [3.63, 3.8) is 0 Å². The van der Waals surface area contributed by atoms with E-state index in [1.807, 2.05) is 13.8 Å². The molecule has 0 aromatic carbocycles. The molecule has 1 aromatic heterocycles. The zero-order valence-corrected chi connectivity index (χ0v) is 11.3. The molecule has 0 amide bonds. The van der Waals surface area contributed by atoms with Crippen LogP contribution in [0, 0.1) is 0 Å². The molecule has 0 saturated heterocycles. The van der Waals surface area contributed by atoms with Crippen LogP contribution in [0.25, 0.3) is 0 Å². The normalized spacial score (nSPS) is 15.8. The molecule has 2 atom stereocenters. The van der Waals surface area contributed by atoms with Crippen molar-refractivity contribution in [2.75, 3.05) is 0 Å². The standard InChI is InChI=1S/C11H20N2O3S/c1-4-6-11(17(14,15)16)13-7-10(12-8-13)9(3)5-2/h7-9,11H,4-6H2,1-3H3,(H,14,15,16). The quantitative estimate of drug-likeness (QED) is 0.798. The summed E-state index contributed by atoms with van der Waals surface area (Å²) in [4.78, 5) is 4.19. The maximum Gasteiger partial charge on any atom is 0.286 e. The number of aromatic nitrogens is 2. The number of hydrogen-bond donors (Lipinski definition) is 1. The van der Waals surface area contributed by atoms with Crippen LogP contribution in [-0.4, -0.2) is 22.5 Å². The Labute approximate surface area is 103 Å². The Kier molecular flexibility index (Phi) is 4.70. The van der Waals surface area contributed by atoms with E-state index in [-0.39, 0.29) is 0 Å². The Balaban J connectivity index is 3.00. The molecule has 6 heteroatoms. The van der Waals surface area contributed by atoms with Crippen LogP contribution >= 0.6 is 0 Å². The molecule has 98 valence electrons. The van der Waals surface area contributed by atoms with Crippen LogP contribution in [-0.2, 0) is 10.1 Å². The van der Waals surface area contributed by atoms with Gasteiger partial charge in [-0.25, -0.2) is 4.98 Å². The zero-order valence-electron chi connectivity index (χ0n) is 10.5. The van der Waals surface area contributed by atoms with Gasteiger partial charge in [0.1, 0.15) is 0 Å². The third kappa shape index (κ3) is 3.54. The molecule has 0 aliphatic rings. The molecule has 0 fully saturated rings. The number of rotatable bonds is 6. The highest BCUT2D eigenvalue weighted by Gasteiger charge is 2.24. The molecule has 0 saturated carbocycles. The summed E-state index contributed by atoms with van der Waals surface area (Å²) in [5.41, 5.74) is 0.859. The van der Waals surface area contributed by atoms with Gasteiger partial charge in [0.15, 0.2) is 5.37 Å². The fraction of sp³-hybridized carbons (Fsp3) is 0.727. The highest BCUT2D eigenvalue weighted by Crippen LogP contribution is 2.23. The first kappa shape index (κ1) is 14.2. The Bertz CT molecular complexity index is 453. The van der Waals surface area contributed by atoms with E-state index < -0.39 is 15.5 Å². The highest BCUT2D eigenvalue weighted by molar-refractivity contribution is 7.85. The average molecular weight is 260 g/mol. The van der Waals surface area contributed by atoms with E-state index in [0.717, 1.165) is 12.1 Å². The number of imidazole rings is 1. The van der Waals surface area contributed by atoms with Crippen molar-refractivity contribution < 1.29 is 13.0 Å². The molecule has 17 heavy (non-hydrogen) atoms. The van der Waals surface area contributed by atoms with Gasteiger partial charge in [-0.2, -0.15) is 8.42 Å². The smallest absolute Gasteiger partial charge is 0.286 e. The Morgan fingerprint density at radius 1 is 1.47 bits per heavy atom. The van der Waals surface area contributed by atoms with Gasteiger partial charge in [-0.15, -0.1) is 0 Å². The first-order valence-corrected chi connectivity index (χ1v) is 7.40. The van der Waals surface area contributed by atoms with Crippen molar-refractivity contribution in [2.45, 2.75) is 51.3 Å². The maximum atomic E-state index is 11.3. The molecule has 0 spiro atoms. The van der Waals surface area contributed by atoms with Crippen molar-refractivity contribution in [3.8, 4) is 0 Å². The van der Waals surface area contributed by atoms with E-state index in [1.54, 1.807) is 6.20 Å². The monoisotopic (exact) mass is 260 g/mol. The molecule has 0 aliphatic carbocycles. The highest BCUT2D eigenvalue weighted by atomic mass is 32.2. The van der Waals surface area contributed by atoms with Gasteiger partial charge in [0, 0.05) is 6.20 Å². The predicted octanol–water partition coefficient (Wildman–Crippen LogP) is 2.58. The van der Waals surface area contributed by atoms with Gasteiger partial charge in [0.25, 0.3) is 10.1 Å². The van der Waals surface area contributed by atoms with E-state index >= 15 is 0 Å². The second-order valence-corrected chi connectivity index (χ2v) is 5.89. The predicted molar refractivity (Wildman–Crippen MR) is 66.4 cm³/mol. The number of nitrogens with zero attached hydrogens (tertiary/aromatic N) is 2. The molecule has 1 N–H and O–H groups in total. The lowest BCUT2D eigenvalue weighted by Crippen LogP contribution is -2.17. The molecule has 1 rings (SSSR count). The van der Waals surface area contributed by atoms with Crippen molar-refractivity contribution in [2.24, 2.45) is 0 Å². The van der Waals surface area contributed by atoms with Gasteiger partial charge in [-0.05, 0) is 18.8 Å². The fourth-order valence-corrected chi connectivity index (χ4v) is 2.63. The van der Waals surface area contributed by atoms with Crippen LogP contribution < -0.4 is 0 Å². The van der Waals surface area contributed by atoms with Gasteiger partial charge >= 0.3 is 0 Å². The summed E-state index contributed by atoms with van der Waals surface area (Å²) in [6, 6.07) is 0. The van der Waals surface area contributed by atoms with Crippen molar-refractivity contribution >= 4 is 10.1 Å². The van der Waals surface area contributed by atoms with Crippen LogP contribution in [0.3, 0.4) is 0 Å². The summed E-state index contributed by atoms with van der Waals surface area (Å²) in [6.45, 7) is 5.97. The van der Waals surface area contributed by atoms with Crippen molar-refractivity contribution in [3.05, 3.63) is 18.2 Å². The summed E-state index contributed by atoms with van der Waals surface area (Å²) in [6.07, 6.45) is 5.20. The topological polar surface area (TPSA) is 72.2 Å². The molecule has 2 unspecified atom stereocenters. The van der Waals surface area contributed by atoms with Gasteiger partial charge in [0.2, 0.25) is 0 Å². The molecular formula is C11H20N2O3S. The summed E-state index contributed by atoms with van der Waals surface area (Å²) in [5, 5.41) is -0.919. The van der Waals surface area contributed by atoms with Gasteiger partial charge < -0.3 is 4.57 Å². The lowest BCUT2D eigenvalue weighted by Gasteiger charge is -2.14. The molecular weight excluding hydrogens is 240 g/mol. The lowest BCUT2D eigenvalue weighted by atomic mass is 10.1. The van der Waals surface area contributed by atoms with Gasteiger partial charge in [0.05, 0.1) is 12.0 Å².